The second kappa shape index (κ2) is 3.63. The van der Waals surface area contributed by atoms with E-state index in [0.29, 0.717) is 12.8 Å². The number of hydrogen-bond donors (Lipinski definition) is 2. The summed E-state index contributed by atoms with van der Waals surface area (Å²) in [6.07, 6.45) is -3.28. The first kappa shape index (κ1) is 12.2. The zero-order valence-corrected chi connectivity index (χ0v) is 9.38. The molecule has 0 heterocycles. The van der Waals surface area contributed by atoms with Gasteiger partial charge in [0.25, 0.3) is 0 Å². The minimum absolute atomic E-state index is 0.0394. The average Bonchev–Trinajstić information content (AvgIpc) is 2.96. The Balaban J connectivity index is 2.61. The standard InChI is InChI=1S/C12H14F3NO/c1-7(16)11(5-6-11)10-8(12(13,14)15)3-2-4-9(10)17/h2-4,7,17H,5-6,16H2,1H3. The summed E-state index contributed by atoms with van der Waals surface area (Å²) in [5.41, 5.74) is 4.24. The SMILES string of the molecule is CC(N)C1(c2c(O)cccc2C(F)(F)F)CC1. The fourth-order valence-electron chi connectivity index (χ4n) is 2.37. The van der Waals surface area contributed by atoms with Crippen LogP contribution in [-0.2, 0) is 11.6 Å². The molecule has 1 fully saturated rings. The van der Waals surface area contributed by atoms with Crippen molar-refractivity contribution in [3.05, 3.63) is 29.3 Å². The summed E-state index contributed by atoms with van der Waals surface area (Å²) in [5.74, 6) is -0.311. The van der Waals surface area contributed by atoms with Gasteiger partial charge >= 0.3 is 6.18 Å². The minimum Gasteiger partial charge on any atom is -0.508 e. The third-order valence-corrected chi connectivity index (χ3v) is 3.51. The van der Waals surface area contributed by atoms with Gasteiger partial charge in [-0.2, -0.15) is 13.2 Å². The molecule has 94 valence electrons. The molecule has 0 saturated heterocycles. The maximum atomic E-state index is 12.9. The molecule has 1 unspecified atom stereocenters. The number of halogens is 3. The summed E-state index contributed by atoms with van der Waals surface area (Å²) < 4.78 is 38.7. The van der Waals surface area contributed by atoms with Crippen molar-refractivity contribution in [3.8, 4) is 5.75 Å². The third-order valence-electron chi connectivity index (χ3n) is 3.51. The fraction of sp³-hybridized carbons (Fsp3) is 0.500. The highest BCUT2D eigenvalue weighted by molar-refractivity contribution is 5.50. The molecule has 1 aromatic carbocycles. The van der Waals surface area contributed by atoms with Gasteiger partial charge in [-0.3, -0.25) is 0 Å². The molecule has 0 bridgehead atoms. The monoisotopic (exact) mass is 245 g/mol. The molecule has 0 spiro atoms. The van der Waals surface area contributed by atoms with Crippen LogP contribution in [-0.4, -0.2) is 11.1 Å². The molecule has 1 aliphatic rings. The number of hydrogen-bond acceptors (Lipinski definition) is 2. The topological polar surface area (TPSA) is 46.2 Å². The smallest absolute Gasteiger partial charge is 0.416 e. The first-order valence-electron chi connectivity index (χ1n) is 5.44. The maximum Gasteiger partial charge on any atom is 0.416 e. The minimum atomic E-state index is -4.46. The third kappa shape index (κ3) is 1.88. The molecule has 17 heavy (non-hydrogen) atoms. The van der Waals surface area contributed by atoms with E-state index in [1.54, 1.807) is 6.92 Å². The van der Waals surface area contributed by atoms with Crippen molar-refractivity contribution in [1.82, 2.24) is 0 Å². The van der Waals surface area contributed by atoms with Gasteiger partial charge in [-0.15, -0.1) is 0 Å². The van der Waals surface area contributed by atoms with E-state index in [-0.39, 0.29) is 11.3 Å². The molecule has 0 aromatic heterocycles. The van der Waals surface area contributed by atoms with Crippen LogP contribution in [0.15, 0.2) is 18.2 Å². The van der Waals surface area contributed by atoms with Crippen LogP contribution in [0.25, 0.3) is 0 Å². The normalized spacial score (nSPS) is 20.1. The number of alkyl halides is 3. The zero-order chi connectivity index (χ0) is 12.8. The van der Waals surface area contributed by atoms with Crippen LogP contribution >= 0.6 is 0 Å². The van der Waals surface area contributed by atoms with Gasteiger partial charge < -0.3 is 10.8 Å². The molecule has 1 atom stereocenters. The second-order valence-electron chi connectivity index (χ2n) is 4.64. The lowest BCUT2D eigenvalue weighted by molar-refractivity contribution is -0.138. The van der Waals surface area contributed by atoms with Crippen LogP contribution in [0, 0.1) is 0 Å². The van der Waals surface area contributed by atoms with Crippen LogP contribution < -0.4 is 5.73 Å². The lowest BCUT2D eigenvalue weighted by atomic mass is 9.85. The Kier molecular flexibility index (Phi) is 2.61. The van der Waals surface area contributed by atoms with Crippen molar-refractivity contribution < 1.29 is 18.3 Å². The molecule has 2 nitrogen and oxygen atoms in total. The Morgan fingerprint density at radius 2 is 1.94 bits per heavy atom. The first-order valence-corrected chi connectivity index (χ1v) is 5.44. The van der Waals surface area contributed by atoms with Crippen molar-refractivity contribution in [2.24, 2.45) is 5.73 Å². The number of aromatic hydroxyl groups is 1. The molecule has 0 radical (unpaired) electrons. The maximum absolute atomic E-state index is 12.9. The Labute approximate surface area is 97.2 Å². The molecule has 2 rings (SSSR count). The van der Waals surface area contributed by atoms with Crippen molar-refractivity contribution in [1.29, 1.82) is 0 Å². The predicted octanol–water partition coefficient (Wildman–Crippen LogP) is 2.79. The first-order chi connectivity index (χ1) is 7.79. The number of nitrogens with two attached hydrogens (primary N) is 1. The van der Waals surface area contributed by atoms with Gasteiger partial charge in [-0.05, 0) is 31.9 Å². The predicted molar refractivity (Wildman–Crippen MR) is 57.7 cm³/mol. The van der Waals surface area contributed by atoms with Crippen LogP contribution in [0.4, 0.5) is 13.2 Å². The highest BCUT2D eigenvalue weighted by atomic mass is 19.4. The molecular weight excluding hydrogens is 231 g/mol. The summed E-state index contributed by atoms with van der Waals surface area (Å²) in [4.78, 5) is 0. The van der Waals surface area contributed by atoms with Crippen LogP contribution in [0.2, 0.25) is 0 Å². The highest BCUT2D eigenvalue weighted by Crippen LogP contribution is 2.56. The van der Waals surface area contributed by atoms with Gasteiger partial charge in [-0.1, -0.05) is 6.07 Å². The average molecular weight is 245 g/mol. The summed E-state index contributed by atoms with van der Waals surface area (Å²) >= 11 is 0. The van der Waals surface area contributed by atoms with Crippen molar-refractivity contribution >= 4 is 0 Å². The number of phenols is 1. The lowest BCUT2D eigenvalue weighted by Crippen LogP contribution is -2.33. The van der Waals surface area contributed by atoms with Gasteiger partial charge in [0.1, 0.15) is 5.75 Å². The summed E-state index contributed by atoms with van der Waals surface area (Å²) in [6, 6.07) is 3.08. The molecule has 1 aromatic rings. The molecule has 3 N–H and O–H groups in total. The van der Waals surface area contributed by atoms with Crippen molar-refractivity contribution in [3.63, 3.8) is 0 Å². The van der Waals surface area contributed by atoms with Gasteiger partial charge in [0.05, 0.1) is 5.56 Å². The van der Waals surface area contributed by atoms with Crippen LogP contribution in [0.3, 0.4) is 0 Å². The van der Waals surface area contributed by atoms with Gasteiger partial charge in [0.2, 0.25) is 0 Å². The zero-order valence-electron chi connectivity index (χ0n) is 9.38. The molecular formula is C12H14F3NO. The van der Waals surface area contributed by atoms with Crippen LogP contribution in [0.5, 0.6) is 5.75 Å². The second-order valence-corrected chi connectivity index (χ2v) is 4.64. The summed E-state index contributed by atoms with van der Waals surface area (Å²) in [7, 11) is 0. The van der Waals surface area contributed by atoms with Gasteiger partial charge in [-0.25, -0.2) is 0 Å². The fourth-order valence-corrected chi connectivity index (χ4v) is 2.37. The number of benzene rings is 1. The van der Waals surface area contributed by atoms with Gasteiger partial charge in [0, 0.05) is 17.0 Å². The molecule has 0 amide bonds. The Morgan fingerprint density at radius 3 is 2.35 bits per heavy atom. The van der Waals surface area contributed by atoms with E-state index in [1.165, 1.54) is 12.1 Å². The van der Waals surface area contributed by atoms with Crippen LogP contribution in [0.1, 0.15) is 30.9 Å². The molecule has 1 aliphatic carbocycles. The lowest BCUT2D eigenvalue weighted by Gasteiger charge is -2.25. The van der Waals surface area contributed by atoms with E-state index in [9.17, 15) is 18.3 Å². The van der Waals surface area contributed by atoms with E-state index in [0.717, 1.165) is 6.07 Å². The highest BCUT2D eigenvalue weighted by Gasteiger charge is 2.53. The Bertz CT molecular complexity index is 436. The quantitative estimate of drug-likeness (QED) is 0.841. The van der Waals surface area contributed by atoms with Crippen molar-refractivity contribution in [2.45, 2.75) is 37.4 Å². The Morgan fingerprint density at radius 1 is 1.35 bits per heavy atom. The van der Waals surface area contributed by atoms with Gasteiger partial charge in [0.15, 0.2) is 0 Å². The number of rotatable bonds is 2. The van der Waals surface area contributed by atoms with E-state index in [4.69, 9.17) is 5.73 Å². The molecule has 5 heteroatoms. The van der Waals surface area contributed by atoms with E-state index in [2.05, 4.69) is 0 Å². The van der Waals surface area contributed by atoms with E-state index < -0.39 is 23.2 Å². The van der Waals surface area contributed by atoms with E-state index >= 15 is 0 Å². The Hall–Kier alpha value is -1.23. The largest absolute Gasteiger partial charge is 0.508 e. The van der Waals surface area contributed by atoms with E-state index in [1.807, 2.05) is 0 Å². The molecule has 1 saturated carbocycles. The molecule has 0 aliphatic heterocycles. The summed E-state index contributed by atoms with van der Waals surface area (Å²) in [5, 5.41) is 9.72. The van der Waals surface area contributed by atoms with Crippen molar-refractivity contribution in [2.75, 3.05) is 0 Å². The number of phenolic OH excluding ortho intramolecular Hbond substituents is 1. The summed E-state index contributed by atoms with van der Waals surface area (Å²) in [6.45, 7) is 1.68.